The first kappa shape index (κ1) is 33.6. The Kier molecular flexibility index (Phi) is 30.3. The molecule has 2 nitrogen and oxygen atoms in total. The number of rotatable bonds is 30. The maximum atomic E-state index is 11.0. The number of aldehydes is 1. The summed E-state index contributed by atoms with van der Waals surface area (Å²) < 4.78 is 6.05. The standard InChI is InChI=1S/C32H64O2/c1-3-5-7-9-11-13-15-16-17-19-21-23-25-27-31-34-32(29-30-33)28-26-24-22-20-18-14-12-10-8-6-4-2/h30,32H,3-29,31H2,1-2H3. The van der Waals surface area contributed by atoms with Gasteiger partial charge in [-0.15, -0.1) is 0 Å². The summed E-state index contributed by atoms with van der Waals surface area (Å²) in [4.78, 5) is 11.0. The summed E-state index contributed by atoms with van der Waals surface area (Å²) in [6, 6.07) is 0. The lowest BCUT2D eigenvalue weighted by atomic mass is 10.0. The molecule has 0 fully saturated rings. The van der Waals surface area contributed by atoms with Crippen molar-refractivity contribution < 1.29 is 9.53 Å². The van der Waals surface area contributed by atoms with E-state index in [2.05, 4.69) is 13.8 Å². The van der Waals surface area contributed by atoms with Crippen LogP contribution in [0.25, 0.3) is 0 Å². The quantitative estimate of drug-likeness (QED) is 0.0754. The number of carbonyl (C=O) groups is 1. The van der Waals surface area contributed by atoms with E-state index in [0.29, 0.717) is 6.42 Å². The Balaban J connectivity index is 3.37. The number of hydrogen-bond acceptors (Lipinski definition) is 2. The fourth-order valence-electron chi connectivity index (χ4n) is 4.96. The smallest absolute Gasteiger partial charge is 0.122 e. The van der Waals surface area contributed by atoms with E-state index in [1.54, 1.807) is 0 Å². The summed E-state index contributed by atoms with van der Waals surface area (Å²) in [5.41, 5.74) is 0. The molecule has 0 heterocycles. The van der Waals surface area contributed by atoms with Gasteiger partial charge in [0.05, 0.1) is 6.10 Å². The van der Waals surface area contributed by atoms with Crippen molar-refractivity contribution in [1.82, 2.24) is 0 Å². The molecular weight excluding hydrogens is 416 g/mol. The zero-order valence-electron chi connectivity index (χ0n) is 23.8. The van der Waals surface area contributed by atoms with E-state index in [4.69, 9.17) is 4.74 Å². The first-order valence-corrected chi connectivity index (χ1v) is 15.9. The molecule has 34 heavy (non-hydrogen) atoms. The van der Waals surface area contributed by atoms with E-state index in [0.717, 1.165) is 25.7 Å². The van der Waals surface area contributed by atoms with Gasteiger partial charge in [0.1, 0.15) is 6.29 Å². The molecule has 0 N–H and O–H groups in total. The van der Waals surface area contributed by atoms with Crippen molar-refractivity contribution in [3.63, 3.8) is 0 Å². The van der Waals surface area contributed by atoms with Gasteiger partial charge in [0, 0.05) is 13.0 Å². The molecule has 0 radical (unpaired) electrons. The highest BCUT2D eigenvalue weighted by atomic mass is 16.5. The summed E-state index contributed by atoms with van der Waals surface area (Å²) in [5.74, 6) is 0. The molecule has 0 saturated heterocycles. The van der Waals surface area contributed by atoms with Gasteiger partial charge < -0.3 is 9.53 Å². The van der Waals surface area contributed by atoms with E-state index < -0.39 is 0 Å². The van der Waals surface area contributed by atoms with Crippen LogP contribution in [0.4, 0.5) is 0 Å². The third-order valence-corrected chi connectivity index (χ3v) is 7.34. The highest BCUT2D eigenvalue weighted by molar-refractivity contribution is 5.50. The Labute approximate surface area is 215 Å². The lowest BCUT2D eigenvalue weighted by molar-refractivity contribution is -0.110. The molecule has 0 amide bonds. The monoisotopic (exact) mass is 480 g/mol. The molecule has 0 aromatic rings. The zero-order chi connectivity index (χ0) is 24.8. The molecule has 1 unspecified atom stereocenters. The van der Waals surface area contributed by atoms with Crippen molar-refractivity contribution in [1.29, 1.82) is 0 Å². The third kappa shape index (κ3) is 27.9. The zero-order valence-corrected chi connectivity index (χ0v) is 23.8. The molecule has 0 bridgehead atoms. The van der Waals surface area contributed by atoms with Crippen LogP contribution in [0.1, 0.15) is 187 Å². The number of ether oxygens (including phenoxy) is 1. The molecule has 0 rings (SSSR count). The Hall–Kier alpha value is -0.370. The third-order valence-electron chi connectivity index (χ3n) is 7.34. The molecule has 0 saturated carbocycles. The van der Waals surface area contributed by atoms with Crippen LogP contribution in [0.15, 0.2) is 0 Å². The van der Waals surface area contributed by atoms with E-state index in [1.165, 1.54) is 154 Å². The SMILES string of the molecule is CCCCCCCCCCCCCCCCOC(CC=O)CCCCCCCCCCCCC. The highest BCUT2D eigenvalue weighted by Crippen LogP contribution is 2.16. The van der Waals surface area contributed by atoms with Crippen LogP contribution in [-0.4, -0.2) is 19.0 Å². The van der Waals surface area contributed by atoms with Crippen LogP contribution in [0.3, 0.4) is 0 Å². The van der Waals surface area contributed by atoms with E-state index in [9.17, 15) is 4.79 Å². The van der Waals surface area contributed by atoms with Crippen molar-refractivity contribution in [2.24, 2.45) is 0 Å². The Morgan fingerprint density at radius 3 is 1.15 bits per heavy atom. The van der Waals surface area contributed by atoms with Crippen molar-refractivity contribution in [2.45, 2.75) is 193 Å². The van der Waals surface area contributed by atoms with Crippen molar-refractivity contribution >= 4 is 6.29 Å². The topological polar surface area (TPSA) is 26.3 Å². The second-order valence-electron chi connectivity index (χ2n) is 10.8. The van der Waals surface area contributed by atoms with Gasteiger partial charge in [0.15, 0.2) is 0 Å². The fraction of sp³-hybridized carbons (Fsp3) is 0.969. The average molecular weight is 481 g/mol. The van der Waals surface area contributed by atoms with Gasteiger partial charge in [-0.25, -0.2) is 0 Å². The van der Waals surface area contributed by atoms with Crippen LogP contribution in [0.5, 0.6) is 0 Å². The second-order valence-corrected chi connectivity index (χ2v) is 10.8. The van der Waals surface area contributed by atoms with Crippen LogP contribution in [0, 0.1) is 0 Å². The van der Waals surface area contributed by atoms with Crippen LogP contribution < -0.4 is 0 Å². The molecular formula is C32H64O2. The van der Waals surface area contributed by atoms with Gasteiger partial charge in [-0.2, -0.15) is 0 Å². The Morgan fingerprint density at radius 2 is 0.794 bits per heavy atom. The summed E-state index contributed by atoms with van der Waals surface area (Å²) in [7, 11) is 0. The van der Waals surface area contributed by atoms with Gasteiger partial charge in [0.2, 0.25) is 0 Å². The molecule has 0 aromatic heterocycles. The molecule has 0 spiro atoms. The van der Waals surface area contributed by atoms with E-state index >= 15 is 0 Å². The Morgan fingerprint density at radius 1 is 0.471 bits per heavy atom. The summed E-state index contributed by atoms with van der Waals surface area (Å²) in [5, 5.41) is 0. The largest absolute Gasteiger partial charge is 0.378 e. The predicted molar refractivity (Wildman–Crippen MR) is 152 cm³/mol. The first-order chi connectivity index (χ1) is 16.8. The lowest BCUT2D eigenvalue weighted by Crippen LogP contribution is -2.14. The normalized spacial score (nSPS) is 12.3. The molecule has 1 atom stereocenters. The van der Waals surface area contributed by atoms with Gasteiger partial charge in [-0.05, 0) is 12.8 Å². The van der Waals surface area contributed by atoms with Gasteiger partial charge in [-0.1, -0.05) is 168 Å². The summed E-state index contributed by atoms with van der Waals surface area (Å²) in [6.07, 6.45) is 37.4. The van der Waals surface area contributed by atoms with Gasteiger partial charge >= 0.3 is 0 Å². The molecule has 0 aliphatic carbocycles. The van der Waals surface area contributed by atoms with Crippen molar-refractivity contribution in [3.8, 4) is 0 Å². The Bertz CT molecular complexity index is 368. The number of unbranched alkanes of at least 4 members (excludes halogenated alkanes) is 23. The maximum Gasteiger partial charge on any atom is 0.122 e. The number of hydrogen-bond donors (Lipinski definition) is 0. The minimum Gasteiger partial charge on any atom is -0.378 e. The molecule has 2 heteroatoms. The van der Waals surface area contributed by atoms with E-state index in [-0.39, 0.29) is 6.10 Å². The molecule has 204 valence electrons. The summed E-state index contributed by atoms with van der Waals surface area (Å²) >= 11 is 0. The minimum atomic E-state index is 0.165. The summed E-state index contributed by atoms with van der Waals surface area (Å²) in [6.45, 7) is 5.41. The van der Waals surface area contributed by atoms with Gasteiger partial charge in [-0.3, -0.25) is 0 Å². The molecule has 0 aliphatic rings. The molecule has 0 aliphatic heterocycles. The minimum absolute atomic E-state index is 0.165. The molecule has 0 aromatic carbocycles. The van der Waals surface area contributed by atoms with E-state index in [1.807, 2.05) is 0 Å². The number of carbonyl (C=O) groups excluding carboxylic acids is 1. The predicted octanol–water partition coefficient (Wildman–Crippen LogP) is 11.1. The van der Waals surface area contributed by atoms with Crippen LogP contribution in [0.2, 0.25) is 0 Å². The highest BCUT2D eigenvalue weighted by Gasteiger charge is 2.08. The maximum absolute atomic E-state index is 11.0. The van der Waals surface area contributed by atoms with Gasteiger partial charge in [0.25, 0.3) is 0 Å². The fourth-order valence-corrected chi connectivity index (χ4v) is 4.96. The lowest BCUT2D eigenvalue weighted by Gasteiger charge is -2.15. The van der Waals surface area contributed by atoms with Crippen LogP contribution in [-0.2, 0) is 9.53 Å². The van der Waals surface area contributed by atoms with Crippen molar-refractivity contribution in [2.75, 3.05) is 6.61 Å². The second kappa shape index (κ2) is 30.7. The van der Waals surface area contributed by atoms with Crippen molar-refractivity contribution in [3.05, 3.63) is 0 Å². The first-order valence-electron chi connectivity index (χ1n) is 15.9. The van der Waals surface area contributed by atoms with Crippen LogP contribution >= 0.6 is 0 Å². The average Bonchev–Trinajstić information content (AvgIpc) is 2.84.